The summed E-state index contributed by atoms with van der Waals surface area (Å²) in [5, 5.41) is 8.90. The van der Waals surface area contributed by atoms with Crippen LogP contribution in [0.1, 0.15) is 34.6 Å². The van der Waals surface area contributed by atoms with Crippen molar-refractivity contribution in [2.24, 2.45) is 5.41 Å². The molecule has 0 spiro atoms. The fourth-order valence-corrected chi connectivity index (χ4v) is 1.30. The predicted molar refractivity (Wildman–Crippen MR) is 84.4 cm³/mol. The summed E-state index contributed by atoms with van der Waals surface area (Å²) in [5.41, 5.74) is 0.902. The SMILES string of the molecule is CC(C)=C/C=C/C(C)=C/C(=O)N(C)CC(=O)C(C)(C)C#N. The number of likely N-dealkylation sites (N-methyl/N-ethyl adjacent to an activating group) is 1. The lowest BCUT2D eigenvalue weighted by Gasteiger charge is -2.19. The highest BCUT2D eigenvalue weighted by Gasteiger charge is 2.28. The van der Waals surface area contributed by atoms with Crippen molar-refractivity contribution < 1.29 is 9.59 Å². The molecular weight excluding hydrogens is 264 g/mol. The largest absolute Gasteiger partial charge is 0.335 e. The molecule has 0 aliphatic heterocycles. The first-order chi connectivity index (χ1) is 9.60. The molecular formula is C17H24N2O2. The molecule has 0 aromatic heterocycles. The topological polar surface area (TPSA) is 61.2 Å². The van der Waals surface area contributed by atoms with E-state index in [0.717, 1.165) is 5.57 Å². The van der Waals surface area contributed by atoms with Gasteiger partial charge in [-0.3, -0.25) is 9.59 Å². The first kappa shape index (κ1) is 18.9. The van der Waals surface area contributed by atoms with E-state index in [4.69, 9.17) is 5.26 Å². The van der Waals surface area contributed by atoms with Crippen LogP contribution < -0.4 is 0 Å². The van der Waals surface area contributed by atoms with E-state index in [1.807, 2.05) is 45.1 Å². The maximum absolute atomic E-state index is 12.0. The van der Waals surface area contributed by atoms with Gasteiger partial charge in [-0.1, -0.05) is 23.8 Å². The van der Waals surface area contributed by atoms with E-state index < -0.39 is 5.41 Å². The standard InChI is InChI=1S/C17H24N2O2/c1-13(2)8-7-9-14(3)10-16(21)19(6)11-15(20)17(4,5)12-18/h7-10H,11H2,1-6H3/b9-7+,14-10+. The molecule has 4 nitrogen and oxygen atoms in total. The van der Waals surface area contributed by atoms with Gasteiger partial charge in [0.15, 0.2) is 5.78 Å². The predicted octanol–water partition coefficient (Wildman–Crippen LogP) is 3.03. The molecule has 0 saturated carbocycles. The molecule has 0 aliphatic rings. The van der Waals surface area contributed by atoms with Crippen LogP contribution in [0.3, 0.4) is 0 Å². The fourth-order valence-electron chi connectivity index (χ4n) is 1.30. The maximum Gasteiger partial charge on any atom is 0.246 e. The molecule has 0 unspecified atom stereocenters. The number of nitriles is 1. The van der Waals surface area contributed by atoms with Crippen molar-refractivity contribution in [3.05, 3.63) is 35.5 Å². The van der Waals surface area contributed by atoms with Crippen LogP contribution in [-0.4, -0.2) is 30.2 Å². The van der Waals surface area contributed by atoms with Gasteiger partial charge in [-0.2, -0.15) is 5.26 Å². The third-order valence-corrected chi connectivity index (χ3v) is 2.87. The zero-order valence-electron chi connectivity index (χ0n) is 13.7. The quantitative estimate of drug-likeness (QED) is 0.557. The minimum absolute atomic E-state index is 0.0686. The van der Waals surface area contributed by atoms with Gasteiger partial charge in [0, 0.05) is 13.1 Å². The van der Waals surface area contributed by atoms with Gasteiger partial charge in [0.25, 0.3) is 0 Å². The van der Waals surface area contributed by atoms with Crippen LogP contribution in [0.5, 0.6) is 0 Å². The molecule has 0 radical (unpaired) electrons. The molecule has 0 saturated heterocycles. The van der Waals surface area contributed by atoms with Crippen molar-refractivity contribution in [1.29, 1.82) is 5.26 Å². The second kappa shape index (κ2) is 8.21. The smallest absolute Gasteiger partial charge is 0.246 e. The summed E-state index contributed by atoms with van der Waals surface area (Å²) < 4.78 is 0. The number of hydrogen-bond acceptors (Lipinski definition) is 3. The van der Waals surface area contributed by atoms with Crippen LogP contribution in [0.25, 0.3) is 0 Å². The van der Waals surface area contributed by atoms with Gasteiger partial charge >= 0.3 is 0 Å². The van der Waals surface area contributed by atoms with Crippen LogP contribution in [0, 0.1) is 16.7 Å². The molecule has 0 aliphatic carbocycles. The Hall–Kier alpha value is -2.15. The maximum atomic E-state index is 12.0. The van der Waals surface area contributed by atoms with Crippen molar-refractivity contribution in [3.63, 3.8) is 0 Å². The third-order valence-electron chi connectivity index (χ3n) is 2.87. The lowest BCUT2D eigenvalue weighted by molar-refractivity contribution is -0.132. The van der Waals surface area contributed by atoms with Gasteiger partial charge in [0.05, 0.1) is 12.6 Å². The van der Waals surface area contributed by atoms with Crippen molar-refractivity contribution >= 4 is 11.7 Å². The zero-order valence-corrected chi connectivity index (χ0v) is 13.7. The number of Topliss-reactive ketones (excluding diaryl/α,β-unsaturated/α-hetero) is 1. The average molecular weight is 288 g/mol. The Morgan fingerprint density at radius 2 is 1.81 bits per heavy atom. The normalized spacial score (nSPS) is 12.0. The van der Waals surface area contributed by atoms with Crippen molar-refractivity contribution in [1.82, 2.24) is 4.90 Å². The number of hydrogen-bond donors (Lipinski definition) is 0. The molecule has 0 bridgehead atoms. The zero-order chi connectivity index (χ0) is 16.6. The summed E-state index contributed by atoms with van der Waals surface area (Å²) >= 11 is 0. The number of carbonyl (C=O) groups is 2. The van der Waals surface area contributed by atoms with Gasteiger partial charge < -0.3 is 4.90 Å². The second-order valence-electron chi connectivity index (χ2n) is 5.85. The average Bonchev–Trinajstić information content (AvgIpc) is 2.37. The van der Waals surface area contributed by atoms with Crippen LogP contribution >= 0.6 is 0 Å². The Bertz CT molecular complexity index is 527. The van der Waals surface area contributed by atoms with Gasteiger partial charge in [-0.15, -0.1) is 0 Å². The van der Waals surface area contributed by atoms with Gasteiger partial charge in [-0.25, -0.2) is 0 Å². The van der Waals surface area contributed by atoms with Crippen LogP contribution in [0.15, 0.2) is 35.5 Å². The Labute approximate surface area is 127 Å². The fraction of sp³-hybridized carbons (Fsp3) is 0.471. The van der Waals surface area contributed by atoms with E-state index in [9.17, 15) is 9.59 Å². The number of carbonyl (C=O) groups excluding carboxylic acids is 2. The molecule has 0 aromatic carbocycles. The summed E-state index contributed by atoms with van der Waals surface area (Å²) in [6.07, 6.45) is 7.13. The van der Waals surface area contributed by atoms with E-state index in [2.05, 4.69) is 0 Å². The summed E-state index contributed by atoms with van der Waals surface area (Å²) in [4.78, 5) is 25.2. The van der Waals surface area contributed by atoms with Crippen molar-refractivity contribution in [3.8, 4) is 6.07 Å². The monoisotopic (exact) mass is 288 g/mol. The second-order valence-corrected chi connectivity index (χ2v) is 5.85. The molecule has 4 heteroatoms. The number of amides is 1. The van der Waals surface area contributed by atoms with Crippen LogP contribution in [0.2, 0.25) is 0 Å². The molecule has 0 aromatic rings. The lowest BCUT2D eigenvalue weighted by atomic mass is 9.90. The van der Waals surface area contributed by atoms with E-state index in [1.165, 1.54) is 16.5 Å². The van der Waals surface area contributed by atoms with Crippen molar-refractivity contribution in [2.45, 2.75) is 34.6 Å². The van der Waals surface area contributed by atoms with Crippen molar-refractivity contribution in [2.75, 3.05) is 13.6 Å². The van der Waals surface area contributed by atoms with Gasteiger partial charge in [0.1, 0.15) is 5.41 Å². The number of rotatable bonds is 6. The van der Waals surface area contributed by atoms with E-state index in [-0.39, 0.29) is 18.2 Å². The highest BCUT2D eigenvalue weighted by molar-refractivity contribution is 5.94. The Balaban J connectivity index is 4.74. The Morgan fingerprint density at radius 3 is 2.29 bits per heavy atom. The van der Waals surface area contributed by atoms with Crippen LogP contribution in [0.4, 0.5) is 0 Å². The highest BCUT2D eigenvalue weighted by atomic mass is 16.2. The Morgan fingerprint density at radius 1 is 1.24 bits per heavy atom. The molecule has 0 heterocycles. The van der Waals surface area contributed by atoms with Crippen LogP contribution in [-0.2, 0) is 9.59 Å². The minimum atomic E-state index is -1.07. The molecule has 0 N–H and O–H groups in total. The first-order valence-corrected chi connectivity index (χ1v) is 6.79. The first-order valence-electron chi connectivity index (χ1n) is 6.79. The summed E-state index contributed by atoms with van der Waals surface area (Å²) in [7, 11) is 1.55. The number of allylic oxidation sites excluding steroid dienone is 5. The lowest BCUT2D eigenvalue weighted by Crippen LogP contribution is -2.37. The molecule has 0 rings (SSSR count). The van der Waals surface area contributed by atoms with Gasteiger partial charge in [-0.05, 0) is 40.2 Å². The molecule has 0 atom stereocenters. The Kier molecular flexibility index (Phi) is 7.37. The summed E-state index contributed by atoms with van der Waals surface area (Å²) in [6.45, 7) is 8.84. The van der Waals surface area contributed by atoms with E-state index in [1.54, 1.807) is 20.9 Å². The summed E-state index contributed by atoms with van der Waals surface area (Å²) in [6, 6.07) is 1.94. The minimum Gasteiger partial charge on any atom is -0.335 e. The summed E-state index contributed by atoms with van der Waals surface area (Å²) in [5.74, 6) is -0.525. The van der Waals surface area contributed by atoms with E-state index in [0.29, 0.717) is 0 Å². The molecule has 1 amide bonds. The van der Waals surface area contributed by atoms with Gasteiger partial charge in [0.2, 0.25) is 5.91 Å². The molecule has 0 fully saturated rings. The van der Waals surface area contributed by atoms with E-state index >= 15 is 0 Å². The molecule has 21 heavy (non-hydrogen) atoms. The third kappa shape index (κ3) is 7.26. The highest BCUT2D eigenvalue weighted by Crippen LogP contribution is 2.15. The number of nitrogens with zero attached hydrogens (tertiary/aromatic N) is 2. The molecule has 114 valence electrons. The number of ketones is 1.